The minimum Gasteiger partial charge on any atom is -0.481 e. The quantitative estimate of drug-likeness (QED) is 0.760. The summed E-state index contributed by atoms with van der Waals surface area (Å²) in [5, 5.41) is 9.48. The molecule has 142 valence electrons. The molecular formula is C17H25N5O4. The van der Waals surface area contributed by atoms with Gasteiger partial charge in [-0.3, -0.25) is 14.4 Å². The molecule has 9 heteroatoms. The molecule has 2 amide bonds. The molecule has 9 nitrogen and oxygen atoms in total. The van der Waals surface area contributed by atoms with E-state index in [1.165, 1.54) is 11.2 Å². The summed E-state index contributed by atoms with van der Waals surface area (Å²) in [6, 6.07) is 0. The Morgan fingerprint density at radius 2 is 1.77 bits per heavy atom. The molecular weight excluding hydrogens is 338 g/mol. The first-order chi connectivity index (χ1) is 12.4. The molecule has 3 rings (SSSR count). The van der Waals surface area contributed by atoms with Crippen LogP contribution in [0.3, 0.4) is 0 Å². The second kappa shape index (κ2) is 7.45. The highest BCUT2D eigenvalue weighted by Gasteiger charge is 2.39. The Balaban J connectivity index is 1.75. The van der Waals surface area contributed by atoms with E-state index in [1.807, 2.05) is 7.05 Å². The number of piperidine rings is 1. The van der Waals surface area contributed by atoms with Gasteiger partial charge < -0.3 is 24.8 Å². The molecule has 0 spiro atoms. The molecule has 2 aliphatic rings. The fraction of sp³-hybridized carbons (Fsp3) is 0.647. The SMILES string of the molecule is Cc1[nH]cnc1C(=O)N1C[C@H](C(=O)O)C[C@H](C(=O)N2CCN(C)CC2)C1. The number of aliphatic carboxylic acids is 1. The van der Waals surface area contributed by atoms with Crippen molar-refractivity contribution in [3.63, 3.8) is 0 Å². The summed E-state index contributed by atoms with van der Waals surface area (Å²) in [6.45, 7) is 4.95. The van der Waals surface area contributed by atoms with E-state index in [1.54, 1.807) is 11.8 Å². The van der Waals surface area contributed by atoms with Crippen LogP contribution in [0.15, 0.2) is 6.33 Å². The second-order valence-electron chi connectivity index (χ2n) is 7.18. The smallest absolute Gasteiger partial charge is 0.308 e. The minimum absolute atomic E-state index is 0.0550. The van der Waals surface area contributed by atoms with Crippen molar-refractivity contribution in [1.82, 2.24) is 24.7 Å². The molecule has 26 heavy (non-hydrogen) atoms. The number of H-pyrrole nitrogens is 1. The number of likely N-dealkylation sites (tertiary alicyclic amines) is 1. The first-order valence-electron chi connectivity index (χ1n) is 8.86. The fourth-order valence-electron chi connectivity index (χ4n) is 3.63. The third-order valence-electron chi connectivity index (χ3n) is 5.28. The molecule has 2 saturated heterocycles. The number of carboxylic acid groups (broad SMARTS) is 1. The summed E-state index contributed by atoms with van der Waals surface area (Å²) in [5.41, 5.74) is 0.913. The molecule has 2 fully saturated rings. The van der Waals surface area contributed by atoms with Gasteiger partial charge in [-0.1, -0.05) is 0 Å². The molecule has 2 aliphatic heterocycles. The van der Waals surface area contributed by atoms with Gasteiger partial charge in [0.15, 0.2) is 0 Å². The number of aromatic amines is 1. The van der Waals surface area contributed by atoms with Gasteiger partial charge in [0.05, 0.1) is 18.2 Å². The van der Waals surface area contributed by atoms with Gasteiger partial charge in [0.25, 0.3) is 5.91 Å². The number of hydrogen-bond donors (Lipinski definition) is 2. The summed E-state index contributed by atoms with van der Waals surface area (Å²) in [5.74, 6) is -2.59. The van der Waals surface area contributed by atoms with Crippen LogP contribution in [-0.2, 0) is 9.59 Å². The van der Waals surface area contributed by atoms with Crippen molar-refractivity contribution in [1.29, 1.82) is 0 Å². The van der Waals surface area contributed by atoms with Crippen LogP contribution in [0.5, 0.6) is 0 Å². The Bertz CT molecular complexity index is 695. The molecule has 3 heterocycles. The summed E-state index contributed by atoms with van der Waals surface area (Å²) in [4.78, 5) is 49.5. The van der Waals surface area contributed by atoms with Crippen molar-refractivity contribution in [2.45, 2.75) is 13.3 Å². The normalized spacial score (nSPS) is 24.5. The summed E-state index contributed by atoms with van der Waals surface area (Å²) in [6.07, 6.45) is 1.71. The van der Waals surface area contributed by atoms with E-state index in [0.29, 0.717) is 18.8 Å². The number of imidazole rings is 1. The number of aryl methyl sites for hydroxylation is 1. The monoisotopic (exact) mass is 363 g/mol. The van der Waals surface area contributed by atoms with Crippen molar-refractivity contribution in [3.8, 4) is 0 Å². The number of carbonyl (C=O) groups excluding carboxylic acids is 2. The zero-order valence-electron chi connectivity index (χ0n) is 15.1. The van der Waals surface area contributed by atoms with Gasteiger partial charge in [0, 0.05) is 45.0 Å². The first kappa shape index (κ1) is 18.4. The topological polar surface area (TPSA) is 110 Å². The third kappa shape index (κ3) is 3.72. The van der Waals surface area contributed by atoms with Crippen LogP contribution in [-0.4, -0.2) is 93.9 Å². The van der Waals surface area contributed by atoms with Crippen LogP contribution in [0.25, 0.3) is 0 Å². The molecule has 0 unspecified atom stereocenters. The predicted octanol–water partition coefficient (Wildman–Crippen LogP) is -0.345. The third-order valence-corrected chi connectivity index (χ3v) is 5.28. The number of amides is 2. The molecule has 0 radical (unpaired) electrons. The number of piperazine rings is 1. The van der Waals surface area contributed by atoms with E-state index in [4.69, 9.17) is 0 Å². The van der Waals surface area contributed by atoms with Crippen molar-refractivity contribution >= 4 is 17.8 Å². The molecule has 0 saturated carbocycles. The zero-order chi connectivity index (χ0) is 18.8. The summed E-state index contributed by atoms with van der Waals surface area (Å²) >= 11 is 0. The van der Waals surface area contributed by atoms with E-state index in [2.05, 4.69) is 14.9 Å². The van der Waals surface area contributed by atoms with Gasteiger partial charge in [0.1, 0.15) is 5.69 Å². The number of aromatic nitrogens is 2. The maximum atomic E-state index is 12.9. The van der Waals surface area contributed by atoms with Crippen LogP contribution in [0, 0.1) is 18.8 Å². The summed E-state index contributed by atoms with van der Waals surface area (Å²) < 4.78 is 0. The van der Waals surface area contributed by atoms with E-state index < -0.39 is 17.8 Å². The number of carboxylic acids is 1. The number of nitrogens with zero attached hydrogens (tertiary/aromatic N) is 4. The van der Waals surface area contributed by atoms with Gasteiger partial charge in [-0.25, -0.2) is 4.98 Å². The van der Waals surface area contributed by atoms with Gasteiger partial charge in [-0.05, 0) is 20.4 Å². The van der Waals surface area contributed by atoms with E-state index in [9.17, 15) is 19.5 Å². The fourth-order valence-corrected chi connectivity index (χ4v) is 3.63. The number of rotatable bonds is 3. The lowest BCUT2D eigenvalue weighted by Crippen LogP contribution is -2.54. The maximum Gasteiger partial charge on any atom is 0.308 e. The number of nitrogens with one attached hydrogen (secondary N) is 1. The highest BCUT2D eigenvalue weighted by Crippen LogP contribution is 2.26. The predicted molar refractivity (Wildman–Crippen MR) is 92.5 cm³/mol. The highest BCUT2D eigenvalue weighted by atomic mass is 16.4. The van der Waals surface area contributed by atoms with Crippen molar-refractivity contribution in [2.75, 3.05) is 46.3 Å². The van der Waals surface area contributed by atoms with Crippen molar-refractivity contribution in [3.05, 3.63) is 17.7 Å². The lowest BCUT2D eigenvalue weighted by molar-refractivity contribution is -0.147. The number of carbonyl (C=O) groups is 3. The Hall–Kier alpha value is -2.42. The molecule has 1 aromatic heterocycles. The lowest BCUT2D eigenvalue weighted by Gasteiger charge is -2.39. The maximum absolute atomic E-state index is 12.9. The Morgan fingerprint density at radius 3 is 2.35 bits per heavy atom. The van der Waals surface area contributed by atoms with Gasteiger partial charge in [0.2, 0.25) is 5.91 Å². The second-order valence-corrected chi connectivity index (χ2v) is 7.18. The molecule has 2 atom stereocenters. The largest absolute Gasteiger partial charge is 0.481 e. The van der Waals surface area contributed by atoms with Crippen LogP contribution in [0.2, 0.25) is 0 Å². The van der Waals surface area contributed by atoms with Crippen LogP contribution in [0.1, 0.15) is 22.6 Å². The Kier molecular flexibility index (Phi) is 5.26. The molecule has 0 aromatic carbocycles. The average molecular weight is 363 g/mol. The lowest BCUT2D eigenvalue weighted by atomic mass is 9.87. The summed E-state index contributed by atoms with van der Waals surface area (Å²) in [7, 11) is 2.01. The van der Waals surface area contributed by atoms with Gasteiger partial charge in [-0.15, -0.1) is 0 Å². The standard InChI is InChI=1S/C17H25N5O4/c1-11-14(19-10-18-11)16(24)22-8-12(7-13(9-22)17(25)26)15(23)21-5-3-20(2)4-6-21/h10,12-13H,3-9H2,1-2H3,(H,18,19)(H,25,26)/t12-,13+/m0/s1. The van der Waals surface area contributed by atoms with E-state index in [-0.39, 0.29) is 37.0 Å². The molecule has 2 N–H and O–H groups in total. The Morgan fingerprint density at radius 1 is 1.12 bits per heavy atom. The average Bonchev–Trinajstić information content (AvgIpc) is 3.06. The highest BCUT2D eigenvalue weighted by molar-refractivity contribution is 5.94. The van der Waals surface area contributed by atoms with Crippen LogP contribution < -0.4 is 0 Å². The number of likely N-dealkylation sites (N-methyl/N-ethyl adjacent to an activating group) is 1. The van der Waals surface area contributed by atoms with Gasteiger partial charge in [-0.2, -0.15) is 0 Å². The van der Waals surface area contributed by atoms with Crippen molar-refractivity contribution in [2.24, 2.45) is 11.8 Å². The Labute approximate surface area is 152 Å². The van der Waals surface area contributed by atoms with Gasteiger partial charge >= 0.3 is 5.97 Å². The molecule has 1 aromatic rings. The van der Waals surface area contributed by atoms with Crippen molar-refractivity contribution < 1.29 is 19.5 Å². The molecule has 0 aliphatic carbocycles. The zero-order valence-corrected chi connectivity index (χ0v) is 15.1. The van der Waals surface area contributed by atoms with Crippen LogP contribution >= 0.6 is 0 Å². The van der Waals surface area contributed by atoms with E-state index in [0.717, 1.165) is 13.1 Å². The van der Waals surface area contributed by atoms with E-state index >= 15 is 0 Å². The molecule has 0 bridgehead atoms. The first-order valence-corrected chi connectivity index (χ1v) is 8.86. The number of hydrogen-bond acceptors (Lipinski definition) is 5. The minimum atomic E-state index is -0.975. The van der Waals surface area contributed by atoms with Crippen LogP contribution in [0.4, 0.5) is 0 Å².